The van der Waals surface area contributed by atoms with Crippen LogP contribution in [0.15, 0.2) is 113 Å². The van der Waals surface area contributed by atoms with E-state index < -0.39 is 10.2 Å². The number of amides is 1. The Morgan fingerprint density at radius 2 is 1.69 bits per heavy atom. The zero-order valence-corrected chi connectivity index (χ0v) is 21.5. The summed E-state index contributed by atoms with van der Waals surface area (Å²) < 4.78 is 6.65. The summed E-state index contributed by atoms with van der Waals surface area (Å²) in [6.45, 7) is 0. The Hall–Kier alpha value is -4.96. The highest BCUT2D eigenvalue weighted by Gasteiger charge is 2.26. The van der Waals surface area contributed by atoms with Gasteiger partial charge in [0.15, 0.2) is 5.16 Å². The van der Waals surface area contributed by atoms with E-state index in [4.69, 9.17) is 9.72 Å². The average molecular weight is 539 g/mol. The number of non-ortho nitro benzene ring substituents is 1. The van der Waals surface area contributed by atoms with Crippen LogP contribution >= 0.6 is 11.8 Å². The summed E-state index contributed by atoms with van der Waals surface area (Å²) in [6, 6.07) is 28.8. The standard InChI is InChI=1S/C29H22N4O5S/c1-38-23-11-7-10-20(18-23)30-27(34)26(19-8-3-2-4-9-19)39-29-31-25-13-6-5-12-24(25)28(35)32(29)21-14-16-22(17-15-21)33(36)37/h2-18,26H,1H3,(H,30,34). The first-order valence-corrected chi connectivity index (χ1v) is 12.8. The molecule has 0 aliphatic rings. The third kappa shape index (κ3) is 5.51. The van der Waals surface area contributed by atoms with E-state index in [2.05, 4.69) is 5.32 Å². The molecule has 1 atom stereocenters. The van der Waals surface area contributed by atoms with Gasteiger partial charge in [0.25, 0.3) is 11.2 Å². The summed E-state index contributed by atoms with van der Waals surface area (Å²) in [5.74, 6) is 0.275. The van der Waals surface area contributed by atoms with E-state index >= 15 is 0 Å². The van der Waals surface area contributed by atoms with Gasteiger partial charge in [0.1, 0.15) is 11.0 Å². The smallest absolute Gasteiger partial charge is 0.269 e. The van der Waals surface area contributed by atoms with Crippen LogP contribution in [0.4, 0.5) is 11.4 Å². The Morgan fingerprint density at radius 3 is 2.41 bits per heavy atom. The number of fused-ring (bicyclic) bond motifs is 1. The minimum absolute atomic E-state index is 0.102. The summed E-state index contributed by atoms with van der Waals surface area (Å²) in [5.41, 5.74) is 1.68. The lowest BCUT2D eigenvalue weighted by Crippen LogP contribution is -2.24. The highest BCUT2D eigenvalue weighted by atomic mass is 32.2. The van der Waals surface area contributed by atoms with Crippen molar-refractivity contribution in [3.05, 3.63) is 129 Å². The predicted molar refractivity (Wildman–Crippen MR) is 151 cm³/mol. The third-order valence-electron chi connectivity index (χ3n) is 5.96. The number of anilines is 1. The molecule has 194 valence electrons. The lowest BCUT2D eigenvalue weighted by Gasteiger charge is -2.20. The summed E-state index contributed by atoms with van der Waals surface area (Å²) in [5, 5.41) is 14.0. The fourth-order valence-corrected chi connectivity index (χ4v) is 5.17. The number of nitrogens with one attached hydrogen (secondary N) is 1. The van der Waals surface area contributed by atoms with Gasteiger partial charge in [-0.3, -0.25) is 24.3 Å². The van der Waals surface area contributed by atoms with Crippen LogP contribution in [0.1, 0.15) is 10.8 Å². The van der Waals surface area contributed by atoms with Crippen LogP contribution in [0.25, 0.3) is 16.6 Å². The quantitative estimate of drug-likeness (QED) is 0.115. The maximum atomic E-state index is 13.7. The van der Waals surface area contributed by atoms with Gasteiger partial charge in [-0.05, 0) is 42.0 Å². The maximum absolute atomic E-state index is 13.7. The number of aromatic nitrogens is 2. The number of thioether (sulfide) groups is 1. The van der Waals surface area contributed by atoms with Crippen molar-refractivity contribution in [2.45, 2.75) is 10.4 Å². The highest BCUT2D eigenvalue weighted by molar-refractivity contribution is 8.00. The van der Waals surface area contributed by atoms with Crippen molar-refractivity contribution in [1.29, 1.82) is 0 Å². The van der Waals surface area contributed by atoms with Gasteiger partial charge in [-0.15, -0.1) is 0 Å². The van der Waals surface area contributed by atoms with Crippen molar-refractivity contribution >= 4 is 39.9 Å². The molecule has 1 aromatic heterocycles. The fraction of sp³-hybridized carbons (Fsp3) is 0.0690. The van der Waals surface area contributed by atoms with Gasteiger partial charge in [-0.2, -0.15) is 0 Å². The highest BCUT2D eigenvalue weighted by Crippen LogP contribution is 2.36. The molecule has 9 nitrogen and oxygen atoms in total. The molecular formula is C29H22N4O5S. The fourth-order valence-electron chi connectivity index (χ4n) is 4.06. The number of benzene rings is 4. The van der Waals surface area contributed by atoms with Crippen molar-refractivity contribution in [2.75, 3.05) is 12.4 Å². The van der Waals surface area contributed by atoms with Gasteiger partial charge in [0.05, 0.1) is 28.6 Å². The maximum Gasteiger partial charge on any atom is 0.269 e. The van der Waals surface area contributed by atoms with Gasteiger partial charge >= 0.3 is 0 Å². The van der Waals surface area contributed by atoms with Gasteiger partial charge in [0.2, 0.25) is 5.91 Å². The second-order valence-electron chi connectivity index (χ2n) is 8.46. The zero-order chi connectivity index (χ0) is 27.4. The van der Waals surface area contributed by atoms with Crippen LogP contribution in [0.3, 0.4) is 0 Å². The first-order chi connectivity index (χ1) is 18.9. The van der Waals surface area contributed by atoms with E-state index in [1.54, 1.807) is 55.6 Å². The Morgan fingerprint density at radius 1 is 0.974 bits per heavy atom. The summed E-state index contributed by atoms with van der Waals surface area (Å²) in [7, 11) is 1.55. The second kappa shape index (κ2) is 11.2. The SMILES string of the molecule is COc1cccc(NC(=O)C(Sc2nc3ccccc3c(=O)n2-c2ccc([N+](=O)[O-])cc2)c2ccccc2)c1. The number of ether oxygens (including phenoxy) is 1. The first kappa shape index (κ1) is 25.7. The lowest BCUT2D eigenvalue weighted by atomic mass is 10.1. The molecule has 0 spiro atoms. The normalized spacial score (nSPS) is 11.6. The number of carbonyl (C=O) groups is 1. The molecule has 0 radical (unpaired) electrons. The third-order valence-corrected chi connectivity index (χ3v) is 7.17. The number of nitro groups is 1. The summed E-state index contributed by atoms with van der Waals surface area (Å²) in [6.07, 6.45) is 0. The van der Waals surface area contributed by atoms with E-state index in [1.807, 2.05) is 30.3 Å². The molecule has 0 fully saturated rings. The van der Waals surface area contributed by atoms with Crippen molar-refractivity contribution in [3.63, 3.8) is 0 Å². The molecule has 0 saturated heterocycles. The molecule has 0 bridgehead atoms. The van der Waals surface area contributed by atoms with Crippen molar-refractivity contribution in [2.24, 2.45) is 0 Å². The minimum Gasteiger partial charge on any atom is -0.497 e. The van der Waals surface area contributed by atoms with Crippen molar-refractivity contribution < 1.29 is 14.5 Å². The number of carbonyl (C=O) groups excluding carboxylic acids is 1. The molecule has 5 rings (SSSR count). The zero-order valence-electron chi connectivity index (χ0n) is 20.7. The Balaban J connectivity index is 1.62. The molecule has 0 aliphatic carbocycles. The van der Waals surface area contributed by atoms with Gasteiger partial charge < -0.3 is 10.1 Å². The number of methoxy groups -OCH3 is 1. The summed E-state index contributed by atoms with van der Waals surface area (Å²) >= 11 is 1.11. The predicted octanol–water partition coefficient (Wildman–Crippen LogP) is 5.77. The molecule has 1 amide bonds. The molecule has 0 saturated carbocycles. The Labute approximate surface area is 227 Å². The monoisotopic (exact) mass is 538 g/mol. The number of para-hydroxylation sites is 1. The van der Waals surface area contributed by atoms with Crippen LogP contribution < -0.4 is 15.6 Å². The molecule has 1 N–H and O–H groups in total. The molecule has 1 unspecified atom stereocenters. The number of hydrogen-bond donors (Lipinski definition) is 1. The Kier molecular flexibility index (Phi) is 7.37. The van der Waals surface area contributed by atoms with Crippen LogP contribution in [0.2, 0.25) is 0 Å². The van der Waals surface area contributed by atoms with Crippen LogP contribution in [0.5, 0.6) is 5.75 Å². The Bertz CT molecular complexity index is 1720. The van der Waals surface area contributed by atoms with Gasteiger partial charge in [0, 0.05) is 23.9 Å². The van der Waals surface area contributed by atoms with Crippen LogP contribution in [-0.4, -0.2) is 27.5 Å². The topological polar surface area (TPSA) is 116 Å². The molecular weight excluding hydrogens is 516 g/mol. The van der Waals surface area contributed by atoms with E-state index in [9.17, 15) is 19.7 Å². The number of nitrogens with zero attached hydrogens (tertiary/aromatic N) is 3. The summed E-state index contributed by atoms with van der Waals surface area (Å²) in [4.78, 5) is 42.8. The van der Waals surface area contributed by atoms with E-state index in [0.29, 0.717) is 33.6 Å². The minimum atomic E-state index is -0.783. The van der Waals surface area contributed by atoms with Gasteiger partial charge in [-0.1, -0.05) is 60.3 Å². The molecule has 1 heterocycles. The largest absolute Gasteiger partial charge is 0.497 e. The number of nitro benzene ring substituents is 1. The number of hydrogen-bond acceptors (Lipinski definition) is 7. The molecule has 39 heavy (non-hydrogen) atoms. The number of rotatable bonds is 8. The van der Waals surface area contributed by atoms with Crippen LogP contribution in [0, 0.1) is 10.1 Å². The molecule has 0 aliphatic heterocycles. The van der Waals surface area contributed by atoms with Crippen molar-refractivity contribution in [1.82, 2.24) is 9.55 Å². The first-order valence-electron chi connectivity index (χ1n) is 11.9. The molecule has 4 aromatic carbocycles. The van der Waals surface area contributed by atoms with Crippen molar-refractivity contribution in [3.8, 4) is 11.4 Å². The molecule has 5 aromatic rings. The van der Waals surface area contributed by atoms with E-state index in [0.717, 1.165) is 11.8 Å². The van der Waals surface area contributed by atoms with E-state index in [1.165, 1.54) is 28.8 Å². The van der Waals surface area contributed by atoms with Gasteiger partial charge in [-0.25, -0.2) is 4.98 Å². The second-order valence-corrected chi connectivity index (χ2v) is 9.53. The average Bonchev–Trinajstić information content (AvgIpc) is 2.96. The lowest BCUT2D eigenvalue weighted by molar-refractivity contribution is -0.384. The van der Waals surface area contributed by atoms with E-state index in [-0.39, 0.29) is 22.3 Å². The molecule has 10 heteroatoms. The van der Waals surface area contributed by atoms with Crippen LogP contribution in [-0.2, 0) is 4.79 Å².